The fraction of sp³-hybridized carbons (Fsp3) is 0.333. The van der Waals surface area contributed by atoms with Crippen LogP contribution in [0.2, 0.25) is 0 Å². The number of hydrogen-bond acceptors (Lipinski definition) is 3. The molecule has 0 radical (unpaired) electrons. The van der Waals surface area contributed by atoms with E-state index >= 15 is 0 Å². The third-order valence-electron chi connectivity index (χ3n) is 1.80. The molecule has 1 aromatic carbocycles. The van der Waals surface area contributed by atoms with Gasteiger partial charge in [0.15, 0.2) is 0 Å². The summed E-state index contributed by atoms with van der Waals surface area (Å²) in [5.41, 5.74) is 6.75. The van der Waals surface area contributed by atoms with Crippen molar-refractivity contribution in [3.63, 3.8) is 0 Å². The summed E-state index contributed by atoms with van der Waals surface area (Å²) in [7, 11) is -0.854. The number of nitrogens with one attached hydrogen (secondary N) is 1. The van der Waals surface area contributed by atoms with Gasteiger partial charge in [0.25, 0.3) is 0 Å². The normalized spacial score (nSPS) is 12.5. The van der Waals surface area contributed by atoms with Gasteiger partial charge in [0.2, 0.25) is 0 Å². The van der Waals surface area contributed by atoms with Gasteiger partial charge >= 0.3 is 0 Å². The van der Waals surface area contributed by atoms with Crippen LogP contribution in [-0.2, 0) is 10.8 Å². The van der Waals surface area contributed by atoms with Crippen molar-refractivity contribution in [1.29, 1.82) is 0 Å². The molecule has 1 rings (SSSR count). The monoisotopic (exact) mass is 342 g/mol. The number of nitrogen functional groups attached to an aromatic ring is 1. The van der Waals surface area contributed by atoms with Gasteiger partial charge in [-0.3, -0.25) is 4.21 Å². The molecule has 0 saturated heterocycles. The fourth-order valence-corrected chi connectivity index (χ4v) is 1.93. The Morgan fingerprint density at radius 1 is 1.60 bits per heavy atom. The van der Waals surface area contributed by atoms with Gasteiger partial charge < -0.3 is 11.1 Å². The molecule has 84 valence electrons. The number of benzene rings is 1. The summed E-state index contributed by atoms with van der Waals surface area (Å²) in [5, 5.41) is 2.95. The second-order valence-corrected chi connectivity index (χ2v) is 5.77. The summed E-state index contributed by atoms with van der Waals surface area (Å²) in [6, 6.07) is 2.93. The van der Waals surface area contributed by atoms with Crippen molar-refractivity contribution in [3.05, 3.63) is 21.5 Å². The molecule has 15 heavy (non-hydrogen) atoms. The first-order valence-corrected chi connectivity index (χ1v) is 7.09. The lowest BCUT2D eigenvalue weighted by atomic mass is 10.2. The molecule has 1 atom stereocenters. The standard InChI is InChI=1S/C9H12FIN2OS/c1-15(14)3-2-13-9-4-6(10)7(11)5-8(9)12/h4-5,13H,2-3,12H2,1H3. The fourth-order valence-electron chi connectivity index (χ4n) is 1.04. The van der Waals surface area contributed by atoms with Crippen LogP contribution in [0.15, 0.2) is 12.1 Å². The highest BCUT2D eigenvalue weighted by Crippen LogP contribution is 2.23. The molecule has 0 spiro atoms. The average Bonchev–Trinajstić information content (AvgIpc) is 2.13. The van der Waals surface area contributed by atoms with Crippen LogP contribution in [0.4, 0.5) is 15.8 Å². The molecule has 0 aliphatic heterocycles. The SMILES string of the molecule is CS(=O)CCNc1cc(F)c(I)cc1N. The minimum absolute atomic E-state index is 0.301. The predicted octanol–water partition coefficient (Wildman–Crippen LogP) is 1.80. The van der Waals surface area contributed by atoms with Crippen LogP contribution in [0.5, 0.6) is 0 Å². The summed E-state index contributed by atoms with van der Waals surface area (Å²) >= 11 is 1.88. The molecule has 0 aromatic heterocycles. The summed E-state index contributed by atoms with van der Waals surface area (Å²) in [5.74, 6) is 0.220. The smallest absolute Gasteiger partial charge is 0.138 e. The molecule has 1 unspecified atom stereocenters. The Bertz CT molecular complexity index is 387. The molecule has 3 N–H and O–H groups in total. The van der Waals surface area contributed by atoms with E-state index in [4.69, 9.17) is 5.73 Å². The van der Waals surface area contributed by atoms with E-state index in [9.17, 15) is 8.60 Å². The maximum Gasteiger partial charge on any atom is 0.138 e. The number of halogens is 2. The van der Waals surface area contributed by atoms with E-state index in [0.29, 0.717) is 27.2 Å². The van der Waals surface area contributed by atoms with Crippen LogP contribution < -0.4 is 11.1 Å². The maximum absolute atomic E-state index is 13.2. The molecule has 3 nitrogen and oxygen atoms in total. The van der Waals surface area contributed by atoms with E-state index in [1.54, 1.807) is 12.3 Å². The first-order chi connectivity index (χ1) is 7.00. The highest BCUT2D eigenvalue weighted by atomic mass is 127. The van der Waals surface area contributed by atoms with Gasteiger partial charge in [0, 0.05) is 35.4 Å². The molecule has 1 aromatic rings. The Labute approximate surface area is 104 Å². The number of nitrogens with two attached hydrogens (primary N) is 1. The minimum Gasteiger partial charge on any atom is -0.397 e. The molecule has 6 heteroatoms. The zero-order valence-corrected chi connectivity index (χ0v) is 11.2. The van der Waals surface area contributed by atoms with Gasteiger partial charge in [-0.15, -0.1) is 0 Å². The van der Waals surface area contributed by atoms with Crippen LogP contribution >= 0.6 is 22.6 Å². The second-order valence-electron chi connectivity index (χ2n) is 3.06. The summed E-state index contributed by atoms with van der Waals surface area (Å²) < 4.78 is 24.5. The molecule has 0 heterocycles. The van der Waals surface area contributed by atoms with Crippen LogP contribution in [0.3, 0.4) is 0 Å². The summed E-state index contributed by atoms with van der Waals surface area (Å²) in [6.07, 6.45) is 1.62. The number of rotatable bonds is 4. The highest BCUT2D eigenvalue weighted by molar-refractivity contribution is 14.1. The lowest BCUT2D eigenvalue weighted by molar-refractivity contribution is 0.621. The molecule has 0 saturated carbocycles. The Kier molecular flexibility index (Phi) is 4.78. The van der Waals surface area contributed by atoms with Gasteiger partial charge in [-0.05, 0) is 28.7 Å². The van der Waals surface area contributed by atoms with Gasteiger partial charge in [-0.2, -0.15) is 0 Å². The number of hydrogen-bond donors (Lipinski definition) is 2. The van der Waals surface area contributed by atoms with Crippen molar-refractivity contribution in [1.82, 2.24) is 0 Å². The molecule has 0 bridgehead atoms. The van der Waals surface area contributed by atoms with E-state index in [0.717, 1.165) is 0 Å². The van der Waals surface area contributed by atoms with Crippen LogP contribution in [0.1, 0.15) is 0 Å². The Morgan fingerprint density at radius 3 is 2.87 bits per heavy atom. The molecule has 0 aliphatic rings. The summed E-state index contributed by atoms with van der Waals surface area (Å²) in [6.45, 7) is 0.521. The molecular weight excluding hydrogens is 330 g/mol. The lowest BCUT2D eigenvalue weighted by Crippen LogP contribution is -2.11. The van der Waals surface area contributed by atoms with Crippen LogP contribution in [-0.4, -0.2) is 22.8 Å². The quantitative estimate of drug-likeness (QED) is 0.648. The van der Waals surface area contributed by atoms with Gasteiger partial charge in [-0.25, -0.2) is 4.39 Å². The second kappa shape index (κ2) is 5.64. The number of anilines is 2. The van der Waals surface area contributed by atoms with Crippen molar-refractivity contribution in [2.75, 3.05) is 29.6 Å². The first kappa shape index (κ1) is 12.7. The van der Waals surface area contributed by atoms with Crippen molar-refractivity contribution in [2.45, 2.75) is 0 Å². The van der Waals surface area contributed by atoms with Crippen molar-refractivity contribution in [3.8, 4) is 0 Å². The van der Waals surface area contributed by atoms with Crippen LogP contribution in [0, 0.1) is 9.39 Å². The molecule has 0 aliphatic carbocycles. The van der Waals surface area contributed by atoms with E-state index in [1.165, 1.54) is 6.07 Å². The lowest BCUT2D eigenvalue weighted by Gasteiger charge is -2.09. The van der Waals surface area contributed by atoms with Gasteiger partial charge in [0.1, 0.15) is 5.82 Å². The minimum atomic E-state index is -0.854. The van der Waals surface area contributed by atoms with E-state index in [-0.39, 0.29) is 5.82 Å². The topological polar surface area (TPSA) is 55.1 Å². The van der Waals surface area contributed by atoms with Crippen molar-refractivity contribution in [2.24, 2.45) is 0 Å². The molecular formula is C9H12FIN2OS. The average molecular weight is 342 g/mol. The summed E-state index contributed by atoms with van der Waals surface area (Å²) in [4.78, 5) is 0. The first-order valence-electron chi connectivity index (χ1n) is 4.29. The third kappa shape index (κ3) is 3.94. The van der Waals surface area contributed by atoms with Crippen LogP contribution in [0.25, 0.3) is 0 Å². The molecule has 0 fully saturated rings. The Balaban J connectivity index is 2.69. The zero-order valence-electron chi connectivity index (χ0n) is 8.22. The Morgan fingerprint density at radius 2 is 2.27 bits per heavy atom. The molecule has 0 amide bonds. The zero-order chi connectivity index (χ0) is 11.4. The van der Waals surface area contributed by atoms with Crippen molar-refractivity contribution >= 4 is 44.8 Å². The van der Waals surface area contributed by atoms with Gasteiger partial charge in [-0.1, -0.05) is 0 Å². The largest absolute Gasteiger partial charge is 0.397 e. The maximum atomic E-state index is 13.2. The van der Waals surface area contributed by atoms with Gasteiger partial charge in [0.05, 0.1) is 14.9 Å². The van der Waals surface area contributed by atoms with E-state index < -0.39 is 10.8 Å². The Hall–Kier alpha value is -0.370. The van der Waals surface area contributed by atoms with Crippen molar-refractivity contribution < 1.29 is 8.60 Å². The third-order valence-corrected chi connectivity index (χ3v) is 3.40. The highest BCUT2D eigenvalue weighted by Gasteiger charge is 2.05. The predicted molar refractivity (Wildman–Crippen MR) is 71.0 cm³/mol. The van der Waals surface area contributed by atoms with E-state index in [1.807, 2.05) is 22.6 Å². The van der Waals surface area contributed by atoms with E-state index in [2.05, 4.69) is 5.32 Å².